The van der Waals surface area contributed by atoms with E-state index in [1.807, 2.05) is 39.0 Å². The van der Waals surface area contributed by atoms with Crippen molar-refractivity contribution >= 4 is 22.7 Å². The monoisotopic (exact) mass is 396 g/mol. The number of nitrogens with one attached hydrogen (secondary N) is 2. The second kappa shape index (κ2) is 7.87. The van der Waals surface area contributed by atoms with Crippen molar-refractivity contribution in [3.8, 4) is 5.75 Å². The van der Waals surface area contributed by atoms with Crippen molar-refractivity contribution in [1.82, 2.24) is 24.6 Å². The van der Waals surface area contributed by atoms with Crippen LogP contribution < -0.4 is 15.6 Å². The smallest absolute Gasteiger partial charge is 0.277 e. The molecule has 0 radical (unpaired) electrons. The van der Waals surface area contributed by atoms with Crippen LogP contribution in [0.1, 0.15) is 38.3 Å². The van der Waals surface area contributed by atoms with E-state index in [2.05, 4.69) is 32.3 Å². The highest BCUT2D eigenvalue weighted by atomic mass is 16.5. The first-order chi connectivity index (χ1) is 13.9. The highest BCUT2D eigenvalue weighted by Gasteiger charge is 2.19. The Hall–Kier alpha value is -2.87. The van der Waals surface area contributed by atoms with Crippen molar-refractivity contribution in [1.29, 1.82) is 0 Å². The van der Waals surface area contributed by atoms with Gasteiger partial charge in [-0.2, -0.15) is 4.98 Å². The number of likely N-dealkylation sites (tertiary alicyclic amines) is 1. The quantitative estimate of drug-likeness (QED) is 0.688. The first kappa shape index (κ1) is 19.4. The molecule has 0 amide bonds. The highest BCUT2D eigenvalue weighted by Crippen LogP contribution is 2.26. The molecule has 1 fully saturated rings. The molecule has 154 valence electrons. The molecule has 1 aliphatic heterocycles. The average Bonchev–Trinajstić information content (AvgIpc) is 3.02. The Morgan fingerprint density at radius 3 is 2.72 bits per heavy atom. The summed E-state index contributed by atoms with van der Waals surface area (Å²) in [5.74, 6) is 1.36. The maximum absolute atomic E-state index is 12.3. The maximum atomic E-state index is 12.3. The lowest BCUT2D eigenvalue weighted by molar-refractivity contribution is 0.113. The lowest BCUT2D eigenvalue weighted by Crippen LogP contribution is -2.35. The Kier molecular flexibility index (Phi) is 5.27. The van der Waals surface area contributed by atoms with Crippen LogP contribution in [0.2, 0.25) is 0 Å². The topological polar surface area (TPSA) is 88.1 Å². The molecule has 3 aromatic rings. The summed E-state index contributed by atoms with van der Waals surface area (Å²) in [4.78, 5) is 23.4. The number of ether oxygens (including phenoxy) is 1. The zero-order valence-corrected chi connectivity index (χ0v) is 17.4. The Bertz CT molecular complexity index is 1060. The molecule has 0 atom stereocenters. The summed E-state index contributed by atoms with van der Waals surface area (Å²) in [6.07, 6.45) is 3.94. The molecule has 8 nitrogen and oxygen atoms in total. The molecular weight excluding hydrogens is 368 g/mol. The summed E-state index contributed by atoms with van der Waals surface area (Å²) in [6, 6.07) is 6.02. The number of aromatic nitrogens is 4. The van der Waals surface area contributed by atoms with Crippen molar-refractivity contribution in [2.45, 2.75) is 45.8 Å². The zero-order valence-electron chi connectivity index (χ0n) is 17.4. The minimum Gasteiger partial charge on any atom is -0.490 e. The van der Waals surface area contributed by atoms with Gasteiger partial charge in [-0.1, -0.05) is 0 Å². The fourth-order valence-corrected chi connectivity index (χ4v) is 3.61. The van der Waals surface area contributed by atoms with E-state index >= 15 is 0 Å². The van der Waals surface area contributed by atoms with E-state index in [0.717, 1.165) is 42.9 Å². The van der Waals surface area contributed by atoms with Crippen LogP contribution in [0.3, 0.4) is 0 Å². The molecule has 29 heavy (non-hydrogen) atoms. The van der Waals surface area contributed by atoms with Gasteiger partial charge in [-0.25, -0.2) is 9.67 Å². The molecule has 4 rings (SSSR count). The summed E-state index contributed by atoms with van der Waals surface area (Å²) in [5.41, 5.74) is 2.37. The van der Waals surface area contributed by atoms with Gasteiger partial charge in [0.2, 0.25) is 5.95 Å². The van der Waals surface area contributed by atoms with Gasteiger partial charge in [-0.3, -0.25) is 9.89 Å². The molecule has 0 aliphatic carbocycles. The third-order valence-corrected chi connectivity index (χ3v) is 5.37. The van der Waals surface area contributed by atoms with E-state index < -0.39 is 0 Å². The van der Waals surface area contributed by atoms with Gasteiger partial charge in [-0.05, 0) is 64.4 Å². The van der Waals surface area contributed by atoms with Gasteiger partial charge in [0.05, 0.1) is 0 Å². The lowest BCUT2D eigenvalue weighted by atomic mass is 10.1. The van der Waals surface area contributed by atoms with Crippen LogP contribution in [0, 0.1) is 6.92 Å². The molecule has 2 aromatic heterocycles. The highest BCUT2D eigenvalue weighted by molar-refractivity contribution is 5.74. The Labute approximate surface area is 169 Å². The number of aromatic amines is 1. The molecule has 3 heterocycles. The minimum atomic E-state index is -0.104. The van der Waals surface area contributed by atoms with Crippen LogP contribution in [0.15, 0.2) is 29.2 Å². The Morgan fingerprint density at radius 1 is 1.28 bits per heavy atom. The van der Waals surface area contributed by atoms with Gasteiger partial charge in [0.25, 0.3) is 5.56 Å². The molecule has 1 saturated heterocycles. The lowest BCUT2D eigenvalue weighted by Gasteiger charge is -2.29. The standard InChI is InChI=1S/C21H28N6O2/c1-13(2)27-20(28)17-12-22-21(24-19(17)25-27)23-15-5-6-18(14(3)11-15)29-16-7-9-26(4)10-8-16/h5-6,11-13,16H,7-10H2,1-4H3,(H2,22,23,24,25). The minimum absolute atomic E-state index is 0.0351. The van der Waals surface area contributed by atoms with Gasteiger partial charge in [0.15, 0.2) is 5.65 Å². The zero-order chi connectivity index (χ0) is 20.5. The number of rotatable bonds is 5. The molecule has 0 spiro atoms. The number of benzene rings is 1. The fraction of sp³-hybridized carbons (Fsp3) is 0.476. The van der Waals surface area contributed by atoms with Crippen LogP contribution in [0.4, 0.5) is 11.6 Å². The van der Waals surface area contributed by atoms with Crippen molar-refractivity contribution in [2.24, 2.45) is 0 Å². The number of nitrogens with zero attached hydrogens (tertiary/aromatic N) is 4. The Morgan fingerprint density at radius 2 is 2.03 bits per heavy atom. The molecular formula is C21H28N6O2. The van der Waals surface area contributed by atoms with E-state index in [9.17, 15) is 4.79 Å². The fourth-order valence-electron chi connectivity index (χ4n) is 3.61. The van der Waals surface area contributed by atoms with Crippen molar-refractivity contribution in [3.05, 3.63) is 40.3 Å². The van der Waals surface area contributed by atoms with E-state index in [1.165, 1.54) is 0 Å². The third-order valence-electron chi connectivity index (χ3n) is 5.37. The van der Waals surface area contributed by atoms with E-state index in [-0.39, 0.29) is 17.7 Å². The van der Waals surface area contributed by atoms with Gasteiger partial charge < -0.3 is 15.0 Å². The summed E-state index contributed by atoms with van der Waals surface area (Å²) in [5, 5.41) is 6.75. The first-order valence-corrected chi connectivity index (χ1v) is 10.1. The predicted molar refractivity (Wildman–Crippen MR) is 114 cm³/mol. The summed E-state index contributed by atoms with van der Waals surface area (Å²) >= 11 is 0. The molecule has 0 bridgehead atoms. The van der Waals surface area contributed by atoms with Gasteiger partial charge in [-0.15, -0.1) is 0 Å². The summed E-state index contributed by atoms with van der Waals surface area (Å²) < 4.78 is 7.77. The molecule has 8 heteroatoms. The van der Waals surface area contributed by atoms with Crippen LogP contribution in [-0.2, 0) is 0 Å². The molecule has 1 aromatic carbocycles. The van der Waals surface area contributed by atoms with Gasteiger partial charge in [0.1, 0.15) is 17.2 Å². The largest absolute Gasteiger partial charge is 0.490 e. The summed E-state index contributed by atoms with van der Waals surface area (Å²) in [6.45, 7) is 8.08. The van der Waals surface area contributed by atoms with Crippen molar-refractivity contribution in [2.75, 3.05) is 25.5 Å². The van der Waals surface area contributed by atoms with Crippen molar-refractivity contribution < 1.29 is 4.74 Å². The Balaban J connectivity index is 1.49. The van der Waals surface area contributed by atoms with Crippen LogP contribution >= 0.6 is 0 Å². The second-order valence-electron chi connectivity index (χ2n) is 8.06. The molecule has 1 aliphatic rings. The number of hydrogen-bond acceptors (Lipinski definition) is 6. The number of anilines is 2. The molecule has 0 unspecified atom stereocenters. The molecule has 0 saturated carbocycles. The number of hydrogen-bond donors (Lipinski definition) is 2. The van der Waals surface area contributed by atoms with Gasteiger partial charge in [0, 0.05) is 31.0 Å². The third kappa shape index (κ3) is 4.12. The van der Waals surface area contributed by atoms with Crippen LogP contribution in [0.25, 0.3) is 11.0 Å². The normalized spacial score (nSPS) is 15.9. The SMILES string of the molecule is Cc1cc(Nc2ncc3c(=O)n(C(C)C)[nH]c3n2)ccc1OC1CCN(C)CC1. The first-order valence-electron chi connectivity index (χ1n) is 10.1. The van der Waals surface area contributed by atoms with Gasteiger partial charge >= 0.3 is 0 Å². The van der Waals surface area contributed by atoms with E-state index in [4.69, 9.17) is 4.74 Å². The molecule has 2 N–H and O–H groups in total. The van der Waals surface area contributed by atoms with E-state index in [1.54, 1.807) is 10.9 Å². The number of piperidine rings is 1. The number of fused-ring (bicyclic) bond motifs is 1. The number of H-pyrrole nitrogens is 1. The average molecular weight is 396 g/mol. The van der Waals surface area contributed by atoms with Crippen LogP contribution in [0.5, 0.6) is 5.75 Å². The predicted octanol–water partition coefficient (Wildman–Crippen LogP) is 3.23. The van der Waals surface area contributed by atoms with E-state index in [0.29, 0.717) is 17.0 Å². The second-order valence-corrected chi connectivity index (χ2v) is 8.06. The van der Waals surface area contributed by atoms with Crippen LogP contribution in [-0.4, -0.2) is 50.9 Å². The summed E-state index contributed by atoms with van der Waals surface area (Å²) in [7, 11) is 2.15. The van der Waals surface area contributed by atoms with Crippen molar-refractivity contribution in [3.63, 3.8) is 0 Å². The number of aryl methyl sites for hydroxylation is 1. The maximum Gasteiger partial charge on any atom is 0.277 e.